The Kier molecular flexibility index (Phi) is 3.18. The normalized spacial score (nSPS) is 20.2. The number of anilines is 1. The fourth-order valence-corrected chi connectivity index (χ4v) is 1.77. The number of hydrogen-bond donors (Lipinski definition) is 2. The first-order valence-electron chi connectivity index (χ1n) is 4.92. The van der Waals surface area contributed by atoms with Gasteiger partial charge in [-0.25, -0.2) is 4.98 Å². The lowest BCUT2D eigenvalue weighted by Gasteiger charge is -2.11. The first-order chi connectivity index (χ1) is 7.27. The van der Waals surface area contributed by atoms with Crippen molar-refractivity contribution in [2.24, 2.45) is 0 Å². The average molecular weight is 226 g/mol. The maximum Gasteiger partial charge on any atom is 0.241 e. The van der Waals surface area contributed by atoms with Crippen LogP contribution in [0.25, 0.3) is 0 Å². The van der Waals surface area contributed by atoms with Crippen LogP contribution in [0, 0.1) is 0 Å². The lowest BCUT2D eigenvalue weighted by Crippen LogP contribution is -2.35. The molecule has 1 aromatic heterocycles. The van der Waals surface area contributed by atoms with Gasteiger partial charge in [0.25, 0.3) is 0 Å². The van der Waals surface area contributed by atoms with Crippen molar-refractivity contribution in [3.05, 3.63) is 23.5 Å². The van der Waals surface area contributed by atoms with Crippen LogP contribution in [-0.2, 0) is 4.79 Å². The molecule has 4 nitrogen and oxygen atoms in total. The van der Waals surface area contributed by atoms with Gasteiger partial charge in [-0.2, -0.15) is 0 Å². The van der Waals surface area contributed by atoms with Gasteiger partial charge < -0.3 is 10.6 Å². The van der Waals surface area contributed by atoms with Crippen molar-refractivity contribution in [2.75, 3.05) is 11.9 Å². The predicted molar refractivity (Wildman–Crippen MR) is 58.9 cm³/mol. The van der Waals surface area contributed by atoms with Crippen LogP contribution in [-0.4, -0.2) is 23.5 Å². The summed E-state index contributed by atoms with van der Waals surface area (Å²) in [6.45, 7) is 0.902. The van der Waals surface area contributed by atoms with Gasteiger partial charge >= 0.3 is 0 Å². The number of hydrogen-bond acceptors (Lipinski definition) is 3. The van der Waals surface area contributed by atoms with Gasteiger partial charge in [0.1, 0.15) is 0 Å². The van der Waals surface area contributed by atoms with Crippen LogP contribution in [0.3, 0.4) is 0 Å². The van der Waals surface area contributed by atoms with Crippen molar-refractivity contribution >= 4 is 23.2 Å². The van der Waals surface area contributed by atoms with E-state index in [1.54, 1.807) is 18.3 Å². The summed E-state index contributed by atoms with van der Waals surface area (Å²) in [7, 11) is 0. The largest absolute Gasteiger partial charge is 0.322 e. The van der Waals surface area contributed by atoms with Crippen molar-refractivity contribution in [3.63, 3.8) is 0 Å². The van der Waals surface area contributed by atoms with Gasteiger partial charge in [0.15, 0.2) is 5.15 Å². The molecule has 1 aliphatic heterocycles. The second-order valence-corrected chi connectivity index (χ2v) is 3.84. The van der Waals surface area contributed by atoms with Gasteiger partial charge in [-0.05, 0) is 31.5 Å². The van der Waals surface area contributed by atoms with E-state index < -0.39 is 0 Å². The highest BCUT2D eigenvalue weighted by Gasteiger charge is 2.22. The molecule has 1 aromatic rings. The monoisotopic (exact) mass is 225 g/mol. The molecular formula is C10H12ClN3O. The third kappa shape index (κ3) is 2.46. The Bertz CT molecular complexity index is 363. The van der Waals surface area contributed by atoms with Crippen LogP contribution in [0.15, 0.2) is 18.3 Å². The SMILES string of the molecule is O=C(Nc1cccnc1Cl)[C@H]1CCCN1. The number of rotatable bonds is 2. The first kappa shape index (κ1) is 10.4. The van der Waals surface area contributed by atoms with Crippen molar-refractivity contribution < 1.29 is 4.79 Å². The third-order valence-corrected chi connectivity index (χ3v) is 2.69. The maximum atomic E-state index is 11.7. The van der Waals surface area contributed by atoms with E-state index in [4.69, 9.17) is 11.6 Å². The van der Waals surface area contributed by atoms with E-state index >= 15 is 0 Å². The molecule has 1 atom stereocenters. The molecule has 0 bridgehead atoms. The van der Waals surface area contributed by atoms with Crippen molar-refractivity contribution in [1.82, 2.24) is 10.3 Å². The molecule has 1 saturated heterocycles. The van der Waals surface area contributed by atoms with E-state index in [0.717, 1.165) is 19.4 Å². The fraction of sp³-hybridized carbons (Fsp3) is 0.400. The molecule has 0 aliphatic carbocycles. The predicted octanol–water partition coefficient (Wildman–Crippen LogP) is 1.43. The number of nitrogens with zero attached hydrogens (tertiary/aromatic N) is 1. The minimum absolute atomic E-state index is 0.0394. The molecule has 0 saturated carbocycles. The summed E-state index contributed by atoms with van der Waals surface area (Å²) in [5.41, 5.74) is 0.567. The molecule has 80 valence electrons. The average Bonchev–Trinajstić information content (AvgIpc) is 2.74. The first-order valence-corrected chi connectivity index (χ1v) is 5.30. The lowest BCUT2D eigenvalue weighted by molar-refractivity contribution is -0.117. The molecule has 0 aromatic carbocycles. The molecule has 15 heavy (non-hydrogen) atoms. The maximum absolute atomic E-state index is 11.7. The summed E-state index contributed by atoms with van der Waals surface area (Å²) in [6, 6.07) is 3.38. The van der Waals surface area contributed by atoms with Gasteiger partial charge in [0.05, 0.1) is 11.7 Å². The van der Waals surface area contributed by atoms with Gasteiger partial charge in [-0.3, -0.25) is 4.79 Å². The van der Waals surface area contributed by atoms with Crippen LogP contribution in [0.5, 0.6) is 0 Å². The van der Waals surface area contributed by atoms with Crippen LogP contribution in [0.2, 0.25) is 5.15 Å². The molecule has 5 heteroatoms. The summed E-state index contributed by atoms with van der Waals surface area (Å²) in [5, 5.41) is 6.20. The summed E-state index contributed by atoms with van der Waals surface area (Å²) < 4.78 is 0. The van der Waals surface area contributed by atoms with Crippen LogP contribution in [0.4, 0.5) is 5.69 Å². The highest BCUT2D eigenvalue weighted by molar-refractivity contribution is 6.32. The number of amides is 1. The van der Waals surface area contributed by atoms with Crippen molar-refractivity contribution in [2.45, 2.75) is 18.9 Å². The highest BCUT2D eigenvalue weighted by Crippen LogP contribution is 2.18. The molecule has 2 rings (SSSR count). The molecule has 0 radical (unpaired) electrons. The number of pyridine rings is 1. The Labute approximate surface area is 93.0 Å². The molecule has 1 fully saturated rings. The lowest BCUT2D eigenvalue weighted by atomic mass is 10.2. The molecule has 1 amide bonds. The van der Waals surface area contributed by atoms with E-state index in [-0.39, 0.29) is 11.9 Å². The van der Waals surface area contributed by atoms with Gasteiger partial charge in [0, 0.05) is 6.20 Å². The van der Waals surface area contributed by atoms with E-state index in [0.29, 0.717) is 10.8 Å². The fourth-order valence-electron chi connectivity index (χ4n) is 1.61. The Morgan fingerprint density at radius 3 is 3.20 bits per heavy atom. The Morgan fingerprint density at radius 1 is 1.67 bits per heavy atom. The van der Waals surface area contributed by atoms with Crippen LogP contribution in [0.1, 0.15) is 12.8 Å². The number of halogens is 1. The Morgan fingerprint density at radius 2 is 2.53 bits per heavy atom. The summed E-state index contributed by atoms with van der Waals surface area (Å²) in [6.07, 6.45) is 3.51. The third-order valence-electron chi connectivity index (χ3n) is 2.39. The summed E-state index contributed by atoms with van der Waals surface area (Å²) in [4.78, 5) is 15.6. The Hall–Kier alpha value is -1.13. The van der Waals surface area contributed by atoms with Crippen LogP contribution >= 0.6 is 11.6 Å². The molecule has 2 N–H and O–H groups in total. The molecule has 1 aliphatic rings. The standard InChI is InChI=1S/C10H12ClN3O/c11-9-7(3-1-6-13-9)14-10(15)8-4-2-5-12-8/h1,3,6,8,12H,2,4-5H2,(H,14,15)/t8-/m1/s1. The van der Waals surface area contributed by atoms with Gasteiger partial charge in [0.2, 0.25) is 5.91 Å². The zero-order valence-electron chi connectivity index (χ0n) is 8.16. The van der Waals surface area contributed by atoms with Crippen molar-refractivity contribution in [1.29, 1.82) is 0 Å². The van der Waals surface area contributed by atoms with E-state index in [2.05, 4.69) is 15.6 Å². The van der Waals surface area contributed by atoms with Gasteiger partial charge in [-0.1, -0.05) is 11.6 Å². The molecule has 2 heterocycles. The van der Waals surface area contributed by atoms with E-state index in [1.165, 1.54) is 0 Å². The molecule has 0 unspecified atom stereocenters. The van der Waals surface area contributed by atoms with E-state index in [1.807, 2.05) is 0 Å². The minimum atomic E-state index is -0.0960. The summed E-state index contributed by atoms with van der Waals surface area (Å²) >= 11 is 5.83. The van der Waals surface area contributed by atoms with Gasteiger partial charge in [-0.15, -0.1) is 0 Å². The second-order valence-electron chi connectivity index (χ2n) is 3.48. The quantitative estimate of drug-likeness (QED) is 0.749. The highest BCUT2D eigenvalue weighted by atomic mass is 35.5. The van der Waals surface area contributed by atoms with Crippen molar-refractivity contribution in [3.8, 4) is 0 Å². The molecule has 0 spiro atoms. The summed E-state index contributed by atoms with van der Waals surface area (Å²) in [5.74, 6) is -0.0394. The zero-order chi connectivity index (χ0) is 10.7. The van der Waals surface area contributed by atoms with Crippen LogP contribution < -0.4 is 10.6 Å². The molecular weight excluding hydrogens is 214 g/mol. The number of carbonyl (C=O) groups excluding carboxylic acids is 1. The zero-order valence-corrected chi connectivity index (χ0v) is 8.92. The minimum Gasteiger partial charge on any atom is -0.322 e. The number of carbonyl (C=O) groups is 1. The Balaban J connectivity index is 2.02. The van der Waals surface area contributed by atoms with E-state index in [9.17, 15) is 4.79 Å². The topological polar surface area (TPSA) is 54.0 Å². The number of aromatic nitrogens is 1. The smallest absolute Gasteiger partial charge is 0.241 e. The second kappa shape index (κ2) is 4.59. The number of nitrogens with one attached hydrogen (secondary N) is 2.